The summed E-state index contributed by atoms with van der Waals surface area (Å²) in [5.41, 5.74) is 5.99. The molecule has 3 nitrogen and oxygen atoms in total. The lowest BCUT2D eigenvalue weighted by Crippen LogP contribution is -2.13. The van der Waals surface area contributed by atoms with Gasteiger partial charge in [0.25, 0.3) is 0 Å². The number of rotatable bonds is 9. The van der Waals surface area contributed by atoms with Gasteiger partial charge in [-0.25, -0.2) is 4.39 Å². The molecule has 0 saturated carbocycles. The average Bonchev–Trinajstić information content (AvgIpc) is 2.42. The van der Waals surface area contributed by atoms with Crippen LogP contribution in [0.1, 0.15) is 44.6 Å². The Hall–Kier alpha value is -1.58. The van der Waals surface area contributed by atoms with Gasteiger partial charge in [0.05, 0.1) is 0 Å². The Morgan fingerprint density at radius 3 is 2.53 bits per heavy atom. The monoisotopic (exact) mass is 266 g/mol. The lowest BCUT2D eigenvalue weighted by molar-refractivity contribution is 0.184. The molecule has 106 valence electrons. The fourth-order valence-electron chi connectivity index (χ4n) is 1.79. The molecular weight excluding hydrogens is 243 g/mol. The van der Waals surface area contributed by atoms with E-state index in [0.717, 1.165) is 19.3 Å². The molecule has 0 aromatic heterocycles. The maximum atomic E-state index is 13.5. The van der Waals surface area contributed by atoms with E-state index in [9.17, 15) is 4.39 Å². The van der Waals surface area contributed by atoms with Crippen molar-refractivity contribution in [3.05, 3.63) is 29.8 Å². The number of amidine groups is 1. The SMILES string of the molecule is CCCCCCC(F)COc1ccc(C(=N)N)cc1. The van der Waals surface area contributed by atoms with Crippen LogP contribution in [0.3, 0.4) is 0 Å². The minimum atomic E-state index is -0.913. The molecule has 0 amide bonds. The molecule has 1 aromatic rings. The lowest BCUT2D eigenvalue weighted by atomic mass is 10.1. The third-order valence-corrected chi connectivity index (χ3v) is 2.97. The first-order valence-corrected chi connectivity index (χ1v) is 6.84. The summed E-state index contributed by atoms with van der Waals surface area (Å²) in [4.78, 5) is 0. The van der Waals surface area contributed by atoms with Crippen molar-refractivity contribution in [2.24, 2.45) is 5.73 Å². The highest BCUT2D eigenvalue weighted by atomic mass is 19.1. The lowest BCUT2D eigenvalue weighted by Gasteiger charge is -2.10. The van der Waals surface area contributed by atoms with Crippen molar-refractivity contribution in [2.75, 3.05) is 6.61 Å². The number of nitrogens with one attached hydrogen (secondary N) is 1. The van der Waals surface area contributed by atoms with Crippen LogP contribution >= 0.6 is 0 Å². The largest absolute Gasteiger partial charge is 0.491 e. The summed E-state index contributed by atoms with van der Waals surface area (Å²) in [5, 5.41) is 7.26. The van der Waals surface area contributed by atoms with Crippen molar-refractivity contribution in [3.8, 4) is 5.75 Å². The Morgan fingerprint density at radius 2 is 1.95 bits per heavy atom. The smallest absolute Gasteiger partial charge is 0.134 e. The molecule has 0 aliphatic carbocycles. The second-order valence-corrected chi connectivity index (χ2v) is 4.70. The van der Waals surface area contributed by atoms with Gasteiger partial charge in [0.2, 0.25) is 0 Å². The molecule has 0 radical (unpaired) electrons. The van der Waals surface area contributed by atoms with E-state index in [1.807, 2.05) is 0 Å². The van der Waals surface area contributed by atoms with Crippen LogP contribution in [-0.2, 0) is 0 Å². The Balaban J connectivity index is 2.25. The van der Waals surface area contributed by atoms with Crippen LogP contribution in [0.2, 0.25) is 0 Å². The van der Waals surface area contributed by atoms with E-state index in [2.05, 4.69) is 6.92 Å². The predicted molar refractivity (Wildman–Crippen MR) is 76.6 cm³/mol. The van der Waals surface area contributed by atoms with Crippen LogP contribution < -0.4 is 10.5 Å². The second kappa shape index (κ2) is 8.51. The van der Waals surface area contributed by atoms with E-state index in [1.165, 1.54) is 6.42 Å². The summed E-state index contributed by atoms with van der Waals surface area (Å²) in [5.74, 6) is 0.632. The number of nitrogen functional groups attached to an aromatic ring is 1. The fourth-order valence-corrected chi connectivity index (χ4v) is 1.79. The maximum absolute atomic E-state index is 13.5. The predicted octanol–water partition coefficient (Wildman–Crippen LogP) is 3.66. The minimum Gasteiger partial charge on any atom is -0.491 e. The molecule has 4 heteroatoms. The quantitative estimate of drug-likeness (QED) is 0.407. The molecular formula is C15H23FN2O. The van der Waals surface area contributed by atoms with Crippen LogP contribution in [0.4, 0.5) is 4.39 Å². The Labute approximate surface area is 114 Å². The van der Waals surface area contributed by atoms with Crippen molar-refractivity contribution in [1.29, 1.82) is 5.41 Å². The highest BCUT2D eigenvalue weighted by Crippen LogP contribution is 2.14. The third-order valence-electron chi connectivity index (χ3n) is 2.97. The highest BCUT2D eigenvalue weighted by molar-refractivity contribution is 5.94. The molecule has 19 heavy (non-hydrogen) atoms. The number of benzene rings is 1. The summed E-state index contributed by atoms with van der Waals surface area (Å²) in [6.45, 7) is 2.23. The first-order chi connectivity index (χ1) is 9.13. The summed E-state index contributed by atoms with van der Waals surface area (Å²) in [6, 6.07) is 6.82. The number of halogens is 1. The third kappa shape index (κ3) is 6.22. The van der Waals surface area contributed by atoms with E-state index in [-0.39, 0.29) is 12.4 Å². The molecule has 0 aliphatic heterocycles. The molecule has 1 rings (SSSR count). The van der Waals surface area contributed by atoms with Crippen molar-refractivity contribution in [2.45, 2.75) is 45.2 Å². The van der Waals surface area contributed by atoms with Crippen LogP contribution in [0, 0.1) is 5.41 Å². The average molecular weight is 266 g/mol. The highest BCUT2D eigenvalue weighted by Gasteiger charge is 2.07. The molecule has 3 N–H and O–H groups in total. The van der Waals surface area contributed by atoms with Gasteiger partial charge < -0.3 is 10.5 Å². The van der Waals surface area contributed by atoms with Gasteiger partial charge in [0.15, 0.2) is 0 Å². The Bertz CT molecular complexity index is 378. The van der Waals surface area contributed by atoms with Crippen LogP contribution in [-0.4, -0.2) is 18.6 Å². The number of unbranched alkanes of at least 4 members (excludes halogenated alkanes) is 3. The number of nitrogens with two attached hydrogens (primary N) is 1. The summed E-state index contributed by atoms with van der Waals surface area (Å²) >= 11 is 0. The van der Waals surface area contributed by atoms with Crippen molar-refractivity contribution >= 4 is 5.84 Å². The van der Waals surface area contributed by atoms with Crippen LogP contribution in [0.25, 0.3) is 0 Å². The molecule has 0 saturated heterocycles. The van der Waals surface area contributed by atoms with Gasteiger partial charge >= 0.3 is 0 Å². The van der Waals surface area contributed by atoms with Gasteiger partial charge in [-0.1, -0.05) is 32.6 Å². The van der Waals surface area contributed by atoms with Crippen molar-refractivity contribution in [3.63, 3.8) is 0 Å². The summed E-state index contributed by atoms with van der Waals surface area (Å²) < 4.78 is 18.9. The molecule has 0 fully saturated rings. The van der Waals surface area contributed by atoms with Gasteiger partial charge in [0.1, 0.15) is 24.4 Å². The topological polar surface area (TPSA) is 59.1 Å². The van der Waals surface area contributed by atoms with E-state index < -0.39 is 6.17 Å². The first-order valence-electron chi connectivity index (χ1n) is 6.84. The zero-order chi connectivity index (χ0) is 14.1. The standard InChI is InChI=1S/C15H23FN2O/c1-2-3-4-5-6-13(16)11-19-14-9-7-12(8-10-14)15(17)18/h7-10,13H,2-6,11H2,1H3,(H3,17,18). The van der Waals surface area contributed by atoms with Gasteiger partial charge in [0, 0.05) is 5.56 Å². The zero-order valence-electron chi connectivity index (χ0n) is 11.5. The van der Waals surface area contributed by atoms with E-state index in [1.54, 1.807) is 24.3 Å². The molecule has 0 heterocycles. The van der Waals surface area contributed by atoms with Crippen LogP contribution in [0.15, 0.2) is 24.3 Å². The second-order valence-electron chi connectivity index (χ2n) is 4.70. The molecule has 0 bridgehead atoms. The zero-order valence-corrected chi connectivity index (χ0v) is 11.5. The Morgan fingerprint density at radius 1 is 1.26 bits per heavy atom. The summed E-state index contributed by atoms with van der Waals surface area (Å²) in [6.07, 6.45) is 3.98. The van der Waals surface area contributed by atoms with E-state index in [4.69, 9.17) is 15.9 Å². The molecule has 0 spiro atoms. The molecule has 1 unspecified atom stereocenters. The normalized spacial score (nSPS) is 12.1. The number of ether oxygens (including phenoxy) is 1. The van der Waals surface area contributed by atoms with Crippen molar-refractivity contribution in [1.82, 2.24) is 0 Å². The van der Waals surface area contributed by atoms with Gasteiger partial charge in [-0.15, -0.1) is 0 Å². The maximum Gasteiger partial charge on any atom is 0.134 e. The minimum absolute atomic E-state index is 0.0193. The van der Waals surface area contributed by atoms with Gasteiger partial charge in [-0.3, -0.25) is 5.41 Å². The first kappa shape index (κ1) is 15.5. The van der Waals surface area contributed by atoms with E-state index >= 15 is 0 Å². The van der Waals surface area contributed by atoms with E-state index in [0.29, 0.717) is 17.7 Å². The number of alkyl halides is 1. The molecule has 0 aliphatic rings. The Kier molecular flexibility index (Phi) is 6.93. The summed E-state index contributed by atoms with van der Waals surface area (Å²) in [7, 11) is 0. The molecule has 1 atom stereocenters. The fraction of sp³-hybridized carbons (Fsp3) is 0.533. The van der Waals surface area contributed by atoms with Gasteiger partial charge in [-0.05, 0) is 30.7 Å². The molecule has 1 aromatic carbocycles. The van der Waals surface area contributed by atoms with Crippen molar-refractivity contribution < 1.29 is 9.13 Å². The number of hydrogen-bond acceptors (Lipinski definition) is 2. The van der Waals surface area contributed by atoms with Crippen LogP contribution in [0.5, 0.6) is 5.75 Å². The van der Waals surface area contributed by atoms with Gasteiger partial charge in [-0.2, -0.15) is 0 Å². The number of hydrogen-bond donors (Lipinski definition) is 2.